The maximum atomic E-state index is 11.5. The van der Waals surface area contributed by atoms with Crippen LogP contribution in [0.15, 0.2) is 18.2 Å². The molecule has 6 heteroatoms. The van der Waals surface area contributed by atoms with Gasteiger partial charge in [-0.25, -0.2) is 4.79 Å². The first-order valence-corrected chi connectivity index (χ1v) is 5.86. The Bertz CT molecular complexity index is 500. The smallest absolute Gasteiger partial charge is 0.337 e. The van der Waals surface area contributed by atoms with Gasteiger partial charge in [0.05, 0.1) is 19.8 Å². The van der Waals surface area contributed by atoms with Crippen LogP contribution in [-0.2, 0) is 9.53 Å². The highest BCUT2D eigenvalue weighted by Crippen LogP contribution is 2.30. The summed E-state index contributed by atoms with van der Waals surface area (Å²) in [5, 5.41) is 2.68. The number of methoxy groups -OCH3 is 2. The molecule has 1 heterocycles. The molecule has 0 bridgehead atoms. The number of rotatable bonds is 4. The molecule has 1 N–H and O–H groups in total. The van der Waals surface area contributed by atoms with Gasteiger partial charge >= 0.3 is 5.97 Å². The molecular formula is C13H15NO5. The second kappa shape index (κ2) is 5.60. The van der Waals surface area contributed by atoms with Crippen LogP contribution in [0, 0.1) is 0 Å². The van der Waals surface area contributed by atoms with Crippen molar-refractivity contribution in [1.82, 2.24) is 5.32 Å². The highest BCUT2D eigenvalue weighted by molar-refractivity contribution is 5.90. The van der Waals surface area contributed by atoms with E-state index in [0.29, 0.717) is 30.0 Å². The van der Waals surface area contributed by atoms with Crippen molar-refractivity contribution >= 4 is 11.9 Å². The van der Waals surface area contributed by atoms with Gasteiger partial charge in [0.2, 0.25) is 0 Å². The predicted molar refractivity (Wildman–Crippen MR) is 66.4 cm³/mol. The number of amides is 1. The Labute approximate surface area is 110 Å². The van der Waals surface area contributed by atoms with Crippen LogP contribution in [0.25, 0.3) is 0 Å². The number of hydrogen-bond donors (Lipinski definition) is 1. The van der Waals surface area contributed by atoms with E-state index in [1.807, 2.05) is 0 Å². The van der Waals surface area contributed by atoms with Crippen LogP contribution < -0.4 is 14.8 Å². The summed E-state index contributed by atoms with van der Waals surface area (Å²) in [5.74, 6) is 0.189. The lowest BCUT2D eigenvalue weighted by Gasteiger charge is -2.15. The Morgan fingerprint density at radius 1 is 1.32 bits per heavy atom. The van der Waals surface area contributed by atoms with Crippen LogP contribution in [0.1, 0.15) is 16.8 Å². The second-order valence-corrected chi connectivity index (χ2v) is 4.04. The van der Waals surface area contributed by atoms with Gasteiger partial charge in [0.1, 0.15) is 0 Å². The van der Waals surface area contributed by atoms with Gasteiger partial charge in [-0.1, -0.05) is 0 Å². The quantitative estimate of drug-likeness (QED) is 0.813. The molecule has 0 radical (unpaired) electrons. The average Bonchev–Trinajstić information content (AvgIpc) is 2.83. The minimum Gasteiger partial charge on any atom is -0.493 e. The molecular weight excluding hydrogens is 250 g/mol. The molecule has 0 aliphatic carbocycles. The van der Waals surface area contributed by atoms with E-state index >= 15 is 0 Å². The summed E-state index contributed by atoms with van der Waals surface area (Å²) < 4.78 is 15.4. The Kier molecular flexibility index (Phi) is 3.89. The molecule has 1 aromatic carbocycles. The number of carbonyl (C=O) groups excluding carboxylic acids is 2. The molecule has 1 unspecified atom stereocenters. The summed E-state index contributed by atoms with van der Waals surface area (Å²) in [4.78, 5) is 23.0. The van der Waals surface area contributed by atoms with Crippen molar-refractivity contribution in [3.8, 4) is 11.5 Å². The fourth-order valence-corrected chi connectivity index (χ4v) is 1.85. The zero-order valence-corrected chi connectivity index (χ0v) is 10.8. The van der Waals surface area contributed by atoms with E-state index in [4.69, 9.17) is 9.47 Å². The van der Waals surface area contributed by atoms with Gasteiger partial charge in [0.25, 0.3) is 5.91 Å². The SMILES string of the molecule is COC(=O)c1ccc(OC)c(OC2CCNC2=O)c1. The van der Waals surface area contributed by atoms with Crippen LogP contribution >= 0.6 is 0 Å². The average molecular weight is 265 g/mol. The summed E-state index contributed by atoms with van der Waals surface area (Å²) in [6.45, 7) is 0.586. The van der Waals surface area contributed by atoms with Crippen LogP contribution in [0.4, 0.5) is 0 Å². The standard InChI is InChI=1S/C13H15NO5/c1-17-9-4-3-8(13(16)18-2)7-11(9)19-10-5-6-14-12(10)15/h3-4,7,10H,5-6H2,1-2H3,(H,14,15). The van der Waals surface area contributed by atoms with Crippen LogP contribution in [0.3, 0.4) is 0 Å². The van der Waals surface area contributed by atoms with E-state index in [1.165, 1.54) is 20.3 Å². The Balaban J connectivity index is 2.25. The minimum absolute atomic E-state index is 0.162. The van der Waals surface area contributed by atoms with E-state index in [1.54, 1.807) is 12.1 Å². The van der Waals surface area contributed by atoms with Gasteiger partial charge in [-0.3, -0.25) is 4.79 Å². The van der Waals surface area contributed by atoms with Gasteiger partial charge in [-0.05, 0) is 18.2 Å². The number of ether oxygens (including phenoxy) is 3. The van der Waals surface area contributed by atoms with E-state index in [-0.39, 0.29) is 5.91 Å². The fourth-order valence-electron chi connectivity index (χ4n) is 1.85. The monoisotopic (exact) mass is 265 g/mol. The summed E-state index contributed by atoms with van der Waals surface area (Å²) in [5.41, 5.74) is 0.344. The molecule has 2 rings (SSSR count). The minimum atomic E-state index is -0.554. The summed E-state index contributed by atoms with van der Waals surface area (Å²) in [7, 11) is 2.80. The first kappa shape index (κ1) is 13.2. The fraction of sp³-hybridized carbons (Fsp3) is 0.385. The van der Waals surface area contributed by atoms with E-state index in [9.17, 15) is 9.59 Å². The Morgan fingerprint density at radius 3 is 2.68 bits per heavy atom. The topological polar surface area (TPSA) is 73.9 Å². The first-order chi connectivity index (χ1) is 9.15. The molecule has 6 nitrogen and oxygen atoms in total. The highest BCUT2D eigenvalue weighted by atomic mass is 16.5. The Morgan fingerprint density at radius 2 is 2.11 bits per heavy atom. The van der Waals surface area contributed by atoms with Gasteiger partial charge in [-0.2, -0.15) is 0 Å². The third-order valence-corrected chi connectivity index (χ3v) is 2.85. The maximum Gasteiger partial charge on any atom is 0.337 e. The molecule has 0 aromatic heterocycles. The van der Waals surface area contributed by atoms with Gasteiger partial charge in [0, 0.05) is 13.0 Å². The van der Waals surface area contributed by atoms with Crippen molar-refractivity contribution in [3.05, 3.63) is 23.8 Å². The van der Waals surface area contributed by atoms with E-state index < -0.39 is 12.1 Å². The van der Waals surface area contributed by atoms with Crippen molar-refractivity contribution in [1.29, 1.82) is 0 Å². The Hall–Kier alpha value is -2.24. The normalized spacial score (nSPS) is 17.8. The molecule has 1 aromatic rings. The molecule has 102 valence electrons. The molecule has 1 amide bonds. The highest BCUT2D eigenvalue weighted by Gasteiger charge is 2.27. The zero-order chi connectivity index (χ0) is 13.8. The molecule has 19 heavy (non-hydrogen) atoms. The van der Waals surface area contributed by atoms with Crippen molar-refractivity contribution in [3.63, 3.8) is 0 Å². The first-order valence-electron chi connectivity index (χ1n) is 5.86. The lowest BCUT2D eigenvalue weighted by molar-refractivity contribution is -0.124. The van der Waals surface area contributed by atoms with E-state index in [0.717, 1.165) is 0 Å². The summed E-state index contributed by atoms with van der Waals surface area (Å²) in [6.07, 6.45) is 0.0338. The van der Waals surface area contributed by atoms with Crippen LogP contribution in [-0.4, -0.2) is 38.7 Å². The second-order valence-electron chi connectivity index (χ2n) is 4.04. The van der Waals surface area contributed by atoms with Crippen molar-refractivity contribution in [2.75, 3.05) is 20.8 Å². The van der Waals surface area contributed by atoms with E-state index in [2.05, 4.69) is 10.1 Å². The molecule has 1 saturated heterocycles. The van der Waals surface area contributed by atoms with Gasteiger partial charge in [0.15, 0.2) is 17.6 Å². The summed E-state index contributed by atoms with van der Waals surface area (Å²) in [6, 6.07) is 4.69. The lowest BCUT2D eigenvalue weighted by atomic mass is 10.2. The number of esters is 1. The summed E-state index contributed by atoms with van der Waals surface area (Å²) >= 11 is 0. The molecule has 0 spiro atoms. The predicted octanol–water partition coefficient (Wildman–Crippen LogP) is 0.749. The van der Waals surface area contributed by atoms with Crippen molar-refractivity contribution < 1.29 is 23.8 Å². The van der Waals surface area contributed by atoms with Crippen LogP contribution in [0.5, 0.6) is 11.5 Å². The number of benzene rings is 1. The number of nitrogens with one attached hydrogen (secondary N) is 1. The van der Waals surface area contributed by atoms with Crippen molar-refractivity contribution in [2.45, 2.75) is 12.5 Å². The lowest BCUT2D eigenvalue weighted by Crippen LogP contribution is -2.27. The molecule has 1 atom stereocenters. The van der Waals surface area contributed by atoms with Gasteiger partial charge < -0.3 is 19.5 Å². The molecule has 1 aliphatic heterocycles. The molecule has 0 saturated carbocycles. The zero-order valence-electron chi connectivity index (χ0n) is 10.8. The third-order valence-electron chi connectivity index (χ3n) is 2.85. The van der Waals surface area contributed by atoms with Crippen molar-refractivity contribution in [2.24, 2.45) is 0 Å². The molecule has 1 fully saturated rings. The largest absolute Gasteiger partial charge is 0.493 e. The number of carbonyl (C=O) groups is 2. The van der Waals surface area contributed by atoms with Gasteiger partial charge in [-0.15, -0.1) is 0 Å². The number of hydrogen-bond acceptors (Lipinski definition) is 5. The molecule has 1 aliphatic rings. The van der Waals surface area contributed by atoms with Crippen LogP contribution in [0.2, 0.25) is 0 Å². The maximum absolute atomic E-state index is 11.5. The third kappa shape index (κ3) is 2.78.